The number of nitrogens with zero attached hydrogens (tertiary/aromatic N) is 3. The first kappa shape index (κ1) is 21.9. The average molecular weight is 404 g/mol. The van der Waals surface area contributed by atoms with Gasteiger partial charge in [-0.15, -0.1) is 4.68 Å². The Bertz CT molecular complexity index is 901. The van der Waals surface area contributed by atoms with E-state index in [1.54, 1.807) is 20.8 Å². The molecular formula is C19H24N4O6. The number of carbonyl (C=O) groups is 2. The fraction of sp³-hybridized carbons (Fsp3) is 0.421. The maximum atomic E-state index is 12.0. The molecule has 2 rings (SSSR count). The molecule has 0 bridgehead atoms. The Hall–Kier alpha value is -3.43. The predicted molar refractivity (Wildman–Crippen MR) is 104 cm³/mol. The van der Waals surface area contributed by atoms with Crippen molar-refractivity contribution in [3.63, 3.8) is 0 Å². The zero-order valence-electron chi connectivity index (χ0n) is 16.7. The number of aliphatic carboxylic acids is 1. The van der Waals surface area contributed by atoms with E-state index in [0.717, 1.165) is 10.2 Å². The van der Waals surface area contributed by atoms with Crippen LogP contribution in [-0.2, 0) is 29.4 Å². The van der Waals surface area contributed by atoms with E-state index in [0.29, 0.717) is 5.69 Å². The summed E-state index contributed by atoms with van der Waals surface area (Å²) in [7, 11) is 1.42. The van der Waals surface area contributed by atoms with Gasteiger partial charge in [0.1, 0.15) is 18.7 Å². The molecule has 0 fully saturated rings. The molecule has 0 aliphatic carbocycles. The molecule has 1 aromatic heterocycles. The number of aromatic nitrogens is 2. The molecule has 29 heavy (non-hydrogen) atoms. The summed E-state index contributed by atoms with van der Waals surface area (Å²) in [5, 5.41) is 27.6. The number of hydrogen-bond acceptors (Lipinski definition) is 6. The minimum absolute atomic E-state index is 0.157. The first-order chi connectivity index (χ1) is 13.5. The highest BCUT2D eigenvalue weighted by molar-refractivity contribution is 5.80. The third-order valence-corrected chi connectivity index (χ3v) is 3.98. The van der Waals surface area contributed by atoms with Crippen LogP contribution in [0.2, 0.25) is 0 Å². The zero-order chi connectivity index (χ0) is 21.8. The van der Waals surface area contributed by atoms with E-state index in [1.165, 1.54) is 7.05 Å². The number of hydrogen-bond donors (Lipinski definition) is 2. The van der Waals surface area contributed by atoms with E-state index in [1.807, 2.05) is 30.3 Å². The van der Waals surface area contributed by atoms with Gasteiger partial charge in [0, 0.05) is 12.8 Å². The van der Waals surface area contributed by atoms with Crippen LogP contribution in [0.3, 0.4) is 0 Å². The van der Waals surface area contributed by atoms with Gasteiger partial charge in [-0.1, -0.05) is 35.4 Å². The predicted octanol–water partition coefficient (Wildman–Crippen LogP) is 2.44. The van der Waals surface area contributed by atoms with Crippen LogP contribution >= 0.6 is 0 Å². The maximum absolute atomic E-state index is 12.0. The van der Waals surface area contributed by atoms with Crippen LogP contribution in [0.5, 0.6) is 0 Å². The van der Waals surface area contributed by atoms with Gasteiger partial charge in [-0.05, 0) is 31.3 Å². The molecule has 0 radical (unpaired) electrons. The largest absolute Gasteiger partial charge is 0.480 e. The Morgan fingerprint density at radius 3 is 2.45 bits per heavy atom. The molecule has 1 amide bonds. The fourth-order valence-corrected chi connectivity index (χ4v) is 2.84. The van der Waals surface area contributed by atoms with Crippen LogP contribution in [0.25, 0.3) is 0 Å². The van der Waals surface area contributed by atoms with Gasteiger partial charge in [-0.2, -0.15) is 0 Å². The first-order valence-corrected chi connectivity index (χ1v) is 8.93. The van der Waals surface area contributed by atoms with E-state index in [-0.39, 0.29) is 24.2 Å². The van der Waals surface area contributed by atoms with Crippen molar-refractivity contribution in [2.75, 3.05) is 0 Å². The molecule has 1 heterocycles. The number of benzene rings is 1. The number of rotatable bonds is 7. The molecule has 2 aromatic rings. The number of nitro groups is 1. The van der Waals surface area contributed by atoms with Crippen LogP contribution in [-0.4, -0.2) is 43.5 Å². The Balaban J connectivity index is 2.35. The number of ether oxygens (including phenoxy) is 1. The standard InChI is InChI=1S/C19H24N4O6/c1-19(2,3)29-18(26)20-15(17(24)25)11-13-14(10-12-8-6-5-7-9-12)21-22(4)16(13)23(27)28/h5-9,15H,10-11H2,1-4H3,(H,20,26)(H,24,25)/t15-/m0/s1. The maximum Gasteiger partial charge on any atom is 0.408 e. The van der Waals surface area contributed by atoms with Gasteiger partial charge in [0.15, 0.2) is 0 Å². The second-order valence-corrected chi connectivity index (χ2v) is 7.53. The zero-order valence-corrected chi connectivity index (χ0v) is 16.7. The van der Waals surface area contributed by atoms with Gasteiger partial charge in [0.05, 0.1) is 11.3 Å². The number of carboxylic acid groups (broad SMARTS) is 1. The van der Waals surface area contributed by atoms with E-state index in [9.17, 15) is 24.8 Å². The van der Waals surface area contributed by atoms with Gasteiger partial charge in [0.25, 0.3) is 0 Å². The van der Waals surface area contributed by atoms with Gasteiger partial charge in [0.2, 0.25) is 0 Å². The normalized spacial score (nSPS) is 12.3. The number of aryl methyl sites for hydroxylation is 1. The summed E-state index contributed by atoms with van der Waals surface area (Å²) in [5.74, 6) is -1.65. The SMILES string of the molecule is Cn1nc(Cc2ccccc2)c(C[C@H](NC(=O)OC(C)(C)C)C(=O)O)c1[N+](=O)[O-]. The number of carbonyl (C=O) groups excluding carboxylic acids is 1. The molecule has 1 atom stereocenters. The number of carboxylic acids is 1. The van der Waals surface area contributed by atoms with Crippen molar-refractivity contribution in [3.05, 3.63) is 57.3 Å². The summed E-state index contributed by atoms with van der Waals surface area (Å²) in [6, 6.07) is 7.78. The summed E-state index contributed by atoms with van der Waals surface area (Å²) >= 11 is 0. The van der Waals surface area contributed by atoms with E-state index < -0.39 is 28.6 Å². The third kappa shape index (κ3) is 6.03. The van der Waals surface area contributed by atoms with Crippen molar-refractivity contribution in [2.24, 2.45) is 7.05 Å². The molecule has 0 aliphatic rings. The number of nitrogens with one attached hydrogen (secondary N) is 1. The molecule has 0 saturated carbocycles. The fourth-order valence-electron chi connectivity index (χ4n) is 2.84. The minimum Gasteiger partial charge on any atom is -0.480 e. The summed E-state index contributed by atoms with van der Waals surface area (Å²) in [6.07, 6.45) is -0.932. The van der Waals surface area contributed by atoms with Crippen molar-refractivity contribution in [1.82, 2.24) is 15.1 Å². The molecule has 1 aromatic carbocycles. The lowest BCUT2D eigenvalue weighted by Crippen LogP contribution is -2.44. The van der Waals surface area contributed by atoms with Crippen molar-refractivity contribution in [3.8, 4) is 0 Å². The van der Waals surface area contributed by atoms with Crippen LogP contribution in [0, 0.1) is 10.1 Å². The average Bonchev–Trinajstić information content (AvgIpc) is 2.88. The highest BCUT2D eigenvalue weighted by Crippen LogP contribution is 2.25. The van der Waals surface area contributed by atoms with Crippen LogP contribution in [0.15, 0.2) is 30.3 Å². The molecule has 2 N–H and O–H groups in total. The van der Waals surface area contributed by atoms with Gasteiger partial charge >= 0.3 is 17.9 Å². The van der Waals surface area contributed by atoms with E-state index in [4.69, 9.17) is 4.74 Å². The summed E-state index contributed by atoms with van der Waals surface area (Å²) in [4.78, 5) is 34.7. The lowest BCUT2D eigenvalue weighted by Gasteiger charge is -2.22. The minimum atomic E-state index is -1.41. The Morgan fingerprint density at radius 2 is 1.93 bits per heavy atom. The first-order valence-electron chi connectivity index (χ1n) is 8.93. The van der Waals surface area contributed by atoms with Crippen LogP contribution < -0.4 is 5.32 Å². The second-order valence-electron chi connectivity index (χ2n) is 7.53. The van der Waals surface area contributed by atoms with Crippen molar-refractivity contribution in [2.45, 2.75) is 45.3 Å². The Labute approximate surface area is 167 Å². The highest BCUT2D eigenvalue weighted by Gasteiger charge is 2.32. The summed E-state index contributed by atoms with van der Waals surface area (Å²) < 4.78 is 6.21. The second kappa shape index (κ2) is 8.72. The van der Waals surface area contributed by atoms with Gasteiger partial charge in [-0.3, -0.25) is 0 Å². The van der Waals surface area contributed by atoms with E-state index in [2.05, 4.69) is 10.4 Å². The van der Waals surface area contributed by atoms with Gasteiger partial charge in [-0.25, -0.2) is 9.59 Å². The molecule has 0 saturated heterocycles. The monoisotopic (exact) mass is 404 g/mol. The molecule has 0 spiro atoms. The molecule has 10 heteroatoms. The van der Waals surface area contributed by atoms with Crippen LogP contribution in [0.4, 0.5) is 10.6 Å². The molecule has 0 aliphatic heterocycles. The Kier molecular flexibility index (Phi) is 6.57. The third-order valence-electron chi connectivity index (χ3n) is 3.98. The smallest absolute Gasteiger partial charge is 0.408 e. The van der Waals surface area contributed by atoms with E-state index >= 15 is 0 Å². The molecule has 10 nitrogen and oxygen atoms in total. The van der Waals surface area contributed by atoms with Crippen molar-refractivity contribution < 1.29 is 24.4 Å². The van der Waals surface area contributed by atoms with Crippen LogP contribution in [0.1, 0.15) is 37.6 Å². The lowest BCUT2D eigenvalue weighted by molar-refractivity contribution is -0.393. The molecular weight excluding hydrogens is 380 g/mol. The number of amides is 1. The summed E-state index contributed by atoms with van der Waals surface area (Å²) in [5.41, 5.74) is 0.590. The topological polar surface area (TPSA) is 137 Å². The quantitative estimate of drug-likeness (QED) is 0.534. The molecule has 156 valence electrons. The number of alkyl carbamates (subject to hydrolysis) is 1. The van der Waals surface area contributed by atoms with Crippen molar-refractivity contribution >= 4 is 17.9 Å². The molecule has 0 unspecified atom stereocenters. The highest BCUT2D eigenvalue weighted by atomic mass is 16.6. The Morgan fingerprint density at radius 1 is 1.31 bits per heavy atom. The van der Waals surface area contributed by atoms with Gasteiger partial charge < -0.3 is 25.3 Å². The van der Waals surface area contributed by atoms with Crippen molar-refractivity contribution in [1.29, 1.82) is 0 Å². The lowest BCUT2D eigenvalue weighted by atomic mass is 10.0. The summed E-state index contributed by atoms with van der Waals surface area (Å²) in [6.45, 7) is 4.94.